The Kier molecular flexibility index (Phi) is 6.51. The van der Waals surface area contributed by atoms with E-state index < -0.39 is 0 Å². The lowest BCUT2D eigenvalue weighted by Gasteiger charge is -2.10. The molecule has 4 N–H and O–H groups in total. The van der Waals surface area contributed by atoms with Gasteiger partial charge in [-0.2, -0.15) is 0 Å². The SMILES string of the molecule is Cl.NCc1cc(=O)c2ccc(Nc3cccc(C(=O)Nc4ccccc4)c3)cc2o1. The Bertz CT molecular complexity index is 1240. The van der Waals surface area contributed by atoms with Crippen molar-refractivity contribution in [1.82, 2.24) is 0 Å². The highest BCUT2D eigenvalue weighted by Crippen LogP contribution is 2.22. The van der Waals surface area contributed by atoms with E-state index in [-0.39, 0.29) is 30.3 Å². The first kappa shape index (κ1) is 21.1. The zero-order valence-corrected chi connectivity index (χ0v) is 16.7. The Labute approximate surface area is 179 Å². The highest BCUT2D eigenvalue weighted by Gasteiger charge is 2.08. The van der Waals surface area contributed by atoms with Crippen LogP contribution in [0.3, 0.4) is 0 Å². The number of carbonyl (C=O) groups is 1. The molecule has 0 spiro atoms. The Balaban J connectivity index is 0.00000256. The molecular formula is C23H20ClN3O3. The summed E-state index contributed by atoms with van der Waals surface area (Å²) in [6.07, 6.45) is 0. The van der Waals surface area contributed by atoms with Gasteiger partial charge in [-0.3, -0.25) is 9.59 Å². The van der Waals surface area contributed by atoms with E-state index in [2.05, 4.69) is 10.6 Å². The quantitative estimate of drug-likeness (QED) is 0.435. The summed E-state index contributed by atoms with van der Waals surface area (Å²) in [6.45, 7) is 0.154. The van der Waals surface area contributed by atoms with Gasteiger partial charge in [0.15, 0.2) is 5.43 Å². The maximum atomic E-state index is 12.5. The van der Waals surface area contributed by atoms with Crippen LogP contribution in [0, 0.1) is 0 Å². The van der Waals surface area contributed by atoms with E-state index >= 15 is 0 Å². The summed E-state index contributed by atoms with van der Waals surface area (Å²) >= 11 is 0. The molecule has 0 saturated carbocycles. The fourth-order valence-corrected chi connectivity index (χ4v) is 3.01. The molecule has 6 nitrogen and oxygen atoms in total. The van der Waals surface area contributed by atoms with Crippen molar-refractivity contribution in [2.45, 2.75) is 6.54 Å². The molecule has 0 aliphatic carbocycles. The monoisotopic (exact) mass is 421 g/mol. The van der Waals surface area contributed by atoms with Crippen molar-refractivity contribution in [1.29, 1.82) is 0 Å². The van der Waals surface area contributed by atoms with Crippen molar-refractivity contribution in [3.05, 3.63) is 100 Å². The van der Waals surface area contributed by atoms with Crippen LogP contribution >= 0.6 is 12.4 Å². The standard InChI is InChI=1S/C23H19N3O3.ClH/c24-14-19-13-21(27)20-10-9-18(12-22(20)29-19)25-17-8-4-5-15(11-17)23(28)26-16-6-2-1-3-7-16;/h1-13,25H,14,24H2,(H,26,28);1H. The van der Waals surface area contributed by atoms with E-state index in [9.17, 15) is 9.59 Å². The van der Waals surface area contributed by atoms with Crippen LogP contribution in [0.5, 0.6) is 0 Å². The summed E-state index contributed by atoms with van der Waals surface area (Å²) in [7, 11) is 0. The smallest absolute Gasteiger partial charge is 0.255 e. The lowest BCUT2D eigenvalue weighted by atomic mass is 10.1. The first-order valence-electron chi connectivity index (χ1n) is 9.13. The van der Waals surface area contributed by atoms with E-state index in [1.807, 2.05) is 36.4 Å². The molecule has 4 rings (SSSR count). The predicted molar refractivity (Wildman–Crippen MR) is 122 cm³/mol. The van der Waals surface area contributed by atoms with Crippen molar-refractivity contribution in [2.24, 2.45) is 5.73 Å². The Morgan fingerprint density at radius 2 is 1.60 bits per heavy atom. The number of nitrogens with two attached hydrogens (primary N) is 1. The molecule has 3 aromatic carbocycles. The molecule has 7 heteroatoms. The maximum Gasteiger partial charge on any atom is 0.255 e. The minimum absolute atomic E-state index is 0. The first-order valence-corrected chi connectivity index (χ1v) is 9.13. The molecule has 1 heterocycles. The maximum absolute atomic E-state index is 12.5. The first-order chi connectivity index (χ1) is 14.1. The molecule has 0 saturated heterocycles. The van der Waals surface area contributed by atoms with Gasteiger partial charge < -0.3 is 20.8 Å². The predicted octanol–water partition coefficient (Wildman–Crippen LogP) is 4.67. The van der Waals surface area contributed by atoms with Crippen LogP contribution in [0.4, 0.5) is 17.1 Å². The molecule has 0 unspecified atom stereocenters. The lowest BCUT2D eigenvalue weighted by molar-refractivity contribution is 0.102. The van der Waals surface area contributed by atoms with Gasteiger partial charge in [0.1, 0.15) is 11.3 Å². The minimum atomic E-state index is -0.197. The molecule has 1 aromatic heterocycles. The zero-order chi connectivity index (χ0) is 20.2. The normalized spacial score (nSPS) is 10.3. The molecule has 0 radical (unpaired) electrons. The molecule has 0 fully saturated rings. The molecule has 4 aromatic rings. The van der Waals surface area contributed by atoms with Gasteiger partial charge in [0, 0.05) is 34.8 Å². The topological polar surface area (TPSA) is 97.4 Å². The van der Waals surface area contributed by atoms with Gasteiger partial charge in [0.05, 0.1) is 11.9 Å². The van der Waals surface area contributed by atoms with Crippen LogP contribution < -0.4 is 21.8 Å². The average molecular weight is 422 g/mol. The van der Waals surface area contributed by atoms with Crippen molar-refractivity contribution in [2.75, 3.05) is 10.6 Å². The number of amides is 1. The molecule has 30 heavy (non-hydrogen) atoms. The van der Waals surface area contributed by atoms with Gasteiger partial charge in [-0.25, -0.2) is 0 Å². The largest absolute Gasteiger partial charge is 0.459 e. The summed E-state index contributed by atoms with van der Waals surface area (Å²) in [5.74, 6) is 0.233. The van der Waals surface area contributed by atoms with Crippen LogP contribution in [-0.4, -0.2) is 5.91 Å². The molecule has 0 aliphatic rings. The summed E-state index contributed by atoms with van der Waals surface area (Å²) < 4.78 is 5.67. The van der Waals surface area contributed by atoms with Gasteiger partial charge in [-0.1, -0.05) is 24.3 Å². The number of fused-ring (bicyclic) bond motifs is 1. The molecule has 0 atom stereocenters. The number of benzene rings is 3. The second-order valence-corrected chi connectivity index (χ2v) is 6.52. The third kappa shape index (κ3) is 4.68. The summed E-state index contributed by atoms with van der Waals surface area (Å²) in [4.78, 5) is 24.6. The second-order valence-electron chi connectivity index (χ2n) is 6.52. The zero-order valence-electron chi connectivity index (χ0n) is 15.9. The van der Waals surface area contributed by atoms with Gasteiger partial charge >= 0.3 is 0 Å². The Hall–Kier alpha value is -3.61. The molecular weight excluding hydrogens is 402 g/mol. The third-order valence-electron chi connectivity index (χ3n) is 4.43. The van der Waals surface area contributed by atoms with Crippen LogP contribution in [0.15, 0.2) is 88.1 Å². The van der Waals surface area contributed by atoms with Gasteiger partial charge in [-0.15, -0.1) is 12.4 Å². The third-order valence-corrected chi connectivity index (χ3v) is 4.43. The van der Waals surface area contributed by atoms with Gasteiger partial charge in [0.2, 0.25) is 0 Å². The van der Waals surface area contributed by atoms with E-state index in [0.29, 0.717) is 22.3 Å². The minimum Gasteiger partial charge on any atom is -0.459 e. The second kappa shape index (κ2) is 9.26. The molecule has 0 aliphatic heterocycles. The molecule has 0 bridgehead atoms. The number of hydrogen-bond acceptors (Lipinski definition) is 5. The summed E-state index contributed by atoms with van der Waals surface area (Å²) in [5.41, 5.74) is 8.64. The van der Waals surface area contributed by atoms with Crippen molar-refractivity contribution < 1.29 is 9.21 Å². The molecule has 1 amide bonds. The summed E-state index contributed by atoms with van der Waals surface area (Å²) in [5, 5.41) is 6.59. The number of nitrogens with one attached hydrogen (secondary N) is 2. The van der Waals surface area contributed by atoms with E-state index in [1.165, 1.54) is 6.07 Å². The van der Waals surface area contributed by atoms with Crippen LogP contribution in [0.2, 0.25) is 0 Å². The van der Waals surface area contributed by atoms with Crippen LogP contribution in [0.25, 0.3) is 11.0 Å². The lowest BCUT2D eigenvalue weighted by Crippen LogP contribution is -2.11. The number of halogens is 1. The van der Waals surface area contributed by atoms with Crippen LogP contribution in [0.1, 0.15) is 16.1 Å². The highest BCUT2D eigenvalue weighted by atomic mass is 35.5. The number of anilines is 3. The van der Waals surface area contributed by atoms with Crippen molar-refractivity contribution in [3.63, 3.8) is 0 Å². The Morgan fingerprint density at radius 3 is 2.37 bits per heavy atom. The molecule has 152 valence electrons. The van der Waals surface area contributed by atoms with Crippen molar-refractivity contribution >= 4 is 46.3 Å². The van der Waals surface area contributed by atoms with E-state index in [0.717, 1.165) is 17.1 Å². The Morgan fingerprint density at radius 1 is 0.867 bits per heavy atom. The van der Waals surface area contributed by atoms with Crippen molar-refractivity contribution in [3.8, 4) is 0 Å². The number of para-hydroxylation sites is 1. The summed E-state index contributed by atoms with van der Waals surface area (Å²) in [6, 6.07) is 23.1. The number of carbonyl (C=O) groups excluding carboxylic acids is 1. The van der Waals surface area contributed by atoms with Crippen LogP contribution in [-0.2, 0) is 6.54 Å². The number of hydrogen-bond donors (Lipinski definition) is 3. The fraction of sp³-hybridized carbons (Fsp3) is 0.0435. The fourth-order valence-electron chi connectivity index (χ4n) is 3.01. The van der Waals surface area contributed by atoms with Gasteiger partial charge in [0.25, 0.3) is 5.91 Å². The average Bonchev–Trinajstić information content (AvgIpc) is 2.74. The highest BCUT2D eigenvalue weighted by molar-refractivity contribution is 6.04. The van der Waals surface area contributed by atoms with E-state index in [1.54, 1.807) is 36.4 Å². The number of rotatable bonds is 5. The van der Waals surface area contributed by atoms with E-state index in [4.69, 9.17) is 10.2 Å². The van der Waals surface area contributed by atoms with Gasteiger partial charge in [-0.05, 0) is 42.5 Å².